The Morgan fingerprint density at radius 3 is 2.50 bits per heavy atom. The van der Waals surface area contributed by atoms with Gasteiger partial charge in [-0.05, 0) is 59.4 Å². The Hall–Kier alpha value is -2.29. The lowest BCUT2D eigenvalue weighted by Crippen LogP contribution is -2.05. The number of fused-ring (bicyclic) bond motifs is 3. The third-order valence-electron chi connectivity index (χ3n) is 4.96. The fraction of sp³-hybridized carbons (Fsp3) is 0.316. The highest BCUT2D eigenvalue weighted by Crippen LogP contribution is 2.43. The van der Waals surface area contributed by atoms with E-state index in [4.69, 9.17) is 0 Å². The third kappa shape index (κ3) is 2.00. The standard InChI is InChI=1S/C19H19NO2/c21-18-7-6-13-16(19(18)22)10-15(12-4-2-1-3-5-12)14-8-9-20-11-17(13)14/h6-12,21-22H,1-5H2. The van der Waals surface area contributed by atoms with E-state index in [1.165, 1.54) is 43.1 Å². The second-order valence-electron chi connectivity index (χ2n) is 6.25. The summed E-state index contributed by atoms with van der Waals surface area (Å²) in [4.78, 5) is 4.26. The second kappa shape index (κ2) is 5.16. The summed E-state index contributed by atoms with van der Waals surface area (Å²) in [5.41, 5.74) is 1.28. The molecule has 0 amide bonds. The van der Waals surface area contributed by atoms with Gasteiger partial charge in [-0.25, -0.2) is 0 Å². The van der Waals surface area contributed by atoms with Gasteiger partial charge in [0.15, 0.2) is 11.5 Å². The van der Waals surface area contributed by atoms with Gasteiger partial charge in [0.1, 0.15) is 0 Å². The quantitative estimate of drug-likeness (QED) is 0.498. The molecule has 0 unspecified atom stereocenters. The zero-order valence-electron chi connectivity index (χ0n) is 12.4. The summed E-state index contributed by atoms with van der Waals surface area (Å²) >= 11 is 0. The van der Waals surface area contributed by atoms with E-state index in [1.54, 1.807) is 6.07 Å². The van der Waals surface area contributed by atoms with Crippen LogP contribution in [0.4, 0.5) is 0 Å². The van der Waals surface area contributed by atoms with E-state index in [-0.39, 0.29) is 11.5 Å². The molecule has 3 heteroatoms. The molecule has 1 aliphatic rings. The van der Waals surface area contributed by atoms with E-state index in [9.17, 15) is 10.2 Å². The minimum Gasteiger partial charge on any atom is -0.504 e. The van der Waals surface area contributed by atoms with Crippen molar-refractivity contribution in [1.82, 2.24) is 4.98 Å². The Morgan fingerprint density at radius 2 is 1.68 bits per heavy atom. The monoisotopic (exact) mass is 293 g/mol. The van der Waals surface area contributed by atoms with E-state index < -0.39 is 0 Å². The van der Waals surface area contributed by atoms with Gasteiger partial charge >= 0.3 is 0 Å². The second-order valence-corrected chi connectivity index (χ2v) is 6.25. The van der Waals surface area contributed by atoms with Crippen LogP contribution in [0.3, 0.4) is 0 Å². The predicted octanol–water partition coefficient (Wildman–Crippen LogP) is 4.85. The first kappa shape index (κ1) is 13.4. The van der Waals surface area contributed by atoms with Crippen molar-refractivity contribution in [3.05, 3.63) is 42.2 Å². The summed E-state index contributed by atoms with van der Waals surface area (Å²) in [6.07, 6.45) is 9.93. The average molecular weight is 293 g/mol. The maximum Gasteiger partial charge on any atom is 0.165 e. The molecule has 0 spiro atoms. The van der Waals surface area contributed by atoms with Gasteiger partial charge in [0, 0.05) is 23.2 Å². The molecule has 1 saturated carbocycles. The van der Waals surface area contributed by atoms with Crippen molar-refractivity contribution in [2.75, 3.05) is 0 Å². The lowest BCUT2D eigenvalue weighted by molar-refractivity contribution is 0.408. The van der Waals surface area contributed by atoms with Crippen molar-refractivity contribution in [2.45, 2.75) is 38.0 Å². The number of pyridine rings is 1. The van der Waals surface area contributed by atoms with E-state index in [0.717, 1.165) is 16.2 Å². The van der Waals surface area contributed by atoms with Crippen LogP contribution in [-0.2, 0) is 0 Å². The average Bonchev–Trinajstić information content (AvgIpc) is 2.58. The summed E-state index contributed by atoms with van der Waals surface area (Å²) in [6, 6.07) is 7.55. The zero-order valence-corrected chi connectivity index (χ0v) is 12.4. The molecule has 112 valence electrons. The molecule has 2 N–H and O–H groups in total. The number of aromatic nitrogens is 1. The van der Waals surface area contributed by atoms with Crippen molar-refractivity contribution in [3.63, 3.8) is 0 Å². The summed E-state index contributed by atoms with van der Waals surface area (Å²) in [7, 11) is 0. The third-order valence-corrected chi connectivity index (χ3v) is 4.96. The molecule has 4 rings (SSSR count). The Kier molecular flexibility index (Phi) is 3.14. The smallest absolute Gasteiger partial charge is 0.165 e. The summed E-state index contributed by atoms with van der Waals surface area (Å²) < 4.78 is 0. The van der Waals surface area contributed by atoms with E-state index in [2.05, 4.69) is 17.1 Å². The van der Waals surface area contributed by atoms with Gasteiger partial charge in [0.2, 0.25) is 0 Å². The molecular weight excluding hydrogens is 274 g/mol. The van der Waals surface area contributed by atoms with Crippen molar-refractivity contribution in [2.24, 2.45) is 0 Å². The van der Waals surface area contributed by atoms with Crippen LogP contribution in [0.15, 0.2) is 36.7 Å². The molecule has 0 atom stereocenters. The fourth-order valence-electron chi connectivity index (χ4n) is 3.82. The predicted molar refractivity (Wildman–Crippen MR) is 88.4 cm³/mol. The summed E-state index contributed by atoms with van der Waals surface area (Å²) in [5, 5.41) is 24.0. The Balaban J connectivity index is 2.06. The normalized spacial score (nSPS) is 16.4. The minimum atomic E-state index is -0.0645. The number of hydrogen-bond donors (Lipinski definition) is 2. The molecule has 2 aromatic carbocycles. The summed E-state index contributed by atoms with van der Waals surface area (Å²) in [6.45, 7) is 0. The molecular formula is C19H19NO2. The van der Waals surface area contributed by atoms with Gasteiger partial charge in [-0.15, -0.1) is 0 Å². The SMILES string of the molecule is Oc1ccc2c(cc(C3CCCCC3)c3ccncc32)c1O. The maximum atomic E-state index is 10.3. The van der Waals surface area contributed by atoms with Crippen LogP contribution in [0.25, 0.3) is 21.5 Å². The van der Waals surface area contributed by atoms with Crippen LogP contribution in [0.1, 0.15) is 43.6 Å². The van der Waals surface area contributed by atoms with Crippen molar-refractivity contribution >= 4 is 21.5 Å². The van der Waals surface area contributed by atoms with Gasteiger partial charge < -0.3 is 10.2 Å². The number of phenols is 2. The highest BCUT2D eigenvalue weighted by atomic mass is 16.3. The highest BCUT2D eigenvalue weighted by molar-refractivity contribution is 6.11. The highest BCUT2D eigenvalue weighted by Gasteiger charge is 2.20. The van der Waals surface area contributed by atoms with E-state index >= 15 is 0 Å². The number of benzene rings is 2. The maximum absolute atomic E-state index is 10.3. The lowest BCUT2D eigenvalue weighted by atomic mass is 9.81. The molecule has 1 aromatic heterocycles. The Labute approximate surface area is 129 Å². The number of hydrogen-bond acceptors (Lipinski definition) is 3. The molecule has 1 aliphatic carbocycles. The molecule has 0 radical (unpaired) electrons. The van der Waals surface area contributed by atoms with Crippen LogP contribution in [0, 0.1) is 0 Å². The topological polar surface area (TPSA) is 53.4 Å². The number of rotatable bonds is 1. The minimum absolute atomic E-state index is 0.0275. The number of aromatic hydroxyl groups is 2. The van der Waals surface area contributed by atoms with Gasteiger partial charge in [-0.2, -0.15) is 0 Å². The first-order chi connectivity index (χ1) is 10.8. The molecule has 3 aromatic rings. The largest absolute Gasteiger partial charge is 0.504 e. The molecule has 0 aliphatic heterocycles. The first-order valence-corrected chi connectivity index (χ1v) is 7.97. The molecule has 1 fully saturated rings. The van der Waals surface area contributed by atoms with Gasteiger partial charge in [-0.1, -0.05) is 19.3 Å². The molecule has 0 saturated heterocycles. The molecule has 1 heterocycles. The van der Waals surface area contributed by atoms with Crippen LogP contribution in [0.5, 0.6) is 11.5 Å². The summed E-state index contributed by atoms with van der Waals surface area (Å²) in [5.74, 6) is 0.440. The van der Waals surface area contributed by atoms with Gasteiger partial charge in [-0.3, -0.25) is 4.98 Å². The molecule has 0 bridgehead atoms. The van der Waals surface area contributed by atoms with Crippen molar-refractivity contribution < 1.29 is 10.2 Å². The van der Waals surface area contributed by atoms with E-state index in [0.29, 0.717) is 5.92 Å². The Morgan fingerprint density at radius 1 is 0.864 bits per heavy atom. The number of phenolic OH excluding ortho intramolecular Hbond substituents is 2. The van der Waals surface area contributed by atoms with Crippen molar-refractivity contribution in [1.29, 1.82) is 0 Å². The van der Waals surface area contributed by atoms with Crippen LogP contribution in [0.2, 0.25) is 0 Å². The Bertz CT molecular complexity index is 851. The molecule has 22 heavy (non-hydrogen) atoms. The van der Waals surface area contributed by atoms with Crippen molar-refractivity contribution in [3.8, 4) is 11.5 Å². The van der Waals surface area contributed by atoms with Crippen LogP contribution in [-0.4, -0.2) is 15.2 Å². The van der Waals surface area contributed by atoms with Crippen LogP contribution >= 0.6 is 0 Å². The van der Waals surface area contributed by atoms with E-state index in [1.807, 2.05) is 18.5 Å². The lowest BCUT2D eigenvalue weighted by Gasteiger charge is -2.24. The molecule has 3 nitrogen and oxygen atoms in total. The first-order valence-electron chi connectivity index (χ1n) is 7.97. The van der Waals surface area contributed by atoms with Gasteiger partial charge in [0.05, 0.1) is 0 Å². The number of nitrogens with zero attached hydrogens (tertiary/aromatic N) is 1. The van der Waals surface area contributed by atoms with Crippen LogP contribution < -0.4 is 0 Å². The van der Waals surface area contributed by atoms with Gasteiger partial charge in [0.25, 0.3) is 0 Å². The fourth-order valence-corrected chi connectivity index (χ4v) is 3.82. The zero-order chi connectivity index (χ0) is 15.1.